The van der Waals surface area contributed by atoms with Crippen LogP contribution in [0.4, 0.5) is 10.3 Å². The molecule has 1 heterocycles. The second kappa shape index (κ2) is 5.66. The van der Waals surface area contributed by atoms with Crippen molar-refractivity contribution in [2.45, 2.75) is 0 Å². The van der Waals surface area contributed by atoms with Gasteiger partial charge in [-0.1, -0.05) is 0 Å². The molecule has 0 aliphatic carbocycles. The number of hydrogen-bond acceptors (Lipinski definition) is 4. The second-order valence-corrected chi connectivity index (χ2v) is 4.16. The molecule has 0 aliphatic heterocycles. The molecular weight excluding hydrogens is 265 g/mol. The highest BCUT2D eigenvalue weighted by Crippen LogP contribution is 2.18. The zero-order valence-electron chi connectivity index (χ0n) is 10.8. The molecule has 1 aromatic heterocycles. The second-order valence-electron chi connectivity index (χ2n) is 4.16. The maximum atomic E-state index is 13.1. The highest BCUT2D eigenvalue weighted by Gasteiger charge is 2.11. The minimum absolute atomic E-state index is 0.182. The maximum absolute atomic E-state index is 13.1. The number of nitrogens with one attached hydrogen (secondary N) is 2. The molecule has 0 spiro atoms. The number of aromatic nitrogens is 2. The molecule has 0 unspecified atom stereocenters. The average Bonchev–Trinajstić information content (AvgIpc) is 2.72. The van der Waals surface area contributed by atoms with Gasteiger partial charge in [0.25, 0.3) is 0 Å². The number of carbonyl (C=O) groups is 2. The number of hydrogen-bond donors (Lipinski definition) is 3. The standard InChI is InChI=1S/C12H14FN5O2/c1-18-9-3-2-7(13)4-8(9)16-12(18)17-11(20)6-15-10(19)5-14/h2-4H,5-6,14H2,1H3,(H,15,19)(H,16,17,20). The zero-order chi connectivity index (χ0) is 14.7. The lowest BCUT2D eigenvalue weighted by Gasteiger charge is -2.05. The topological polar surface area (TPSA) is 102 Å². The molecule has 1 aromatic carbocycles. The Morgan fingerprint density at radius 3 is 2.85 bits per heavy atom. The fraction of sp³-hybridized carbons (Fsp3) is 0.250. The Balaban J connectivity index is 2.11. The lowest BCUT2D eigenvalue weighted by molar-refractivity contribution is -0.123. The fourth-order valence-electron chi connectivity index (χ4n) is 1.70. The van der Waals surface area contributed by atoms with E-state index >= 15 is 0 Å². The number of benzene rings is 1. The van der Waals surface area contributed by atoms with Crippen LogP contribution >= 0.6 is 0 Å². The Labute approximate surface area is 114 Å². The van der Waals surface area contributed by atoms with Gasteiger partial charge in [-0.3, -0.25) is 14.9 Å². The first-order valence-corrected chi connectivity index (χ1v) is 5.90. The third-order valence-corrected chi connectivity index (χ3v) is 2.73. The molecule has 8 heteroatoms. The highest BCUT2D eigenvalue weighted by atomic mass is 19.1. The van der Waals surface area contributed by atoms with Crippen molar-refractivity contribution in [1.29, 1.82) is 0 Å². The Kier molecular flexibility index (Phi) is 3.94. The quantitative estimate of drug-likeness (QED) is 0.716. The summed E-state index contributed by atoms with van der Waals surface area (Å²) in [6.07, 6.45) is 0. The number of amides is 2. The van der Waals surface area contributed by atoms with Gasteiger partial charge in [0.1, 0.15) is 5.82 Å². The van der Waals surface area contributed by atoms with E-state index < -0.39 is 17.6 Å². The van der Waals surface area contributed by atoms with E-state index in [9.17, 15) is 14.0 Å². The van der Waals surface area contributed by atoms with E-state index in [2.05, 4.69) is 15.6 Å². The van der Waals surface area contributed by atoms with E-state index in [0.29, 0.717) is 11.0 Å². The monoisotopic (exact) mass is 279 g/mol. The normalized spacial score (nSPS) is 10.6. The van der Waals surface area contributed by atoms with Crippen LogP contribution in [0.3, 0.4) is 0 Å². The Morgan fingerprint density at radius 2 is 2.15 bits per heavy atom. The molecule has 0 fully saturated rings. The minimum atomic E-state index is -0.439. The van der Waals surface area contributed by atoms with E-state index in [1.807, 2.05) is 0 Å². The summed E-state index contributed by atoms with van der Waals surface area (Å²) in [6, 6.07) is 4.17. The number of imidazole rings is 1. The first kappa shape index (κ1) is 13.9. The first-order valence-electron chi connectivity index (χ1n) is 5.90. The van der Waals surface area contributed by atoms with Crippen LogP contribution in [0.2, 0.25) is 0 Å². The Morgan fingerprint density at radius 1 is 1.40 bits per heavy atom. The van der Waals surface area contributed by atoms with Gasteiger partial charge in [0.15, 0.2) is 0 Å². The third kappa shape index (κ3) is 2.91. The van der Waals surface area contributed by atoms with Crippen molar-refractivity contribution in [2.24, 2.45) is 12.8 Å². The molecule has 2 rings (SSSR count). The predicted molar refractivity (Wildman–Crippen MR) is 71.4 cm³/mol. The summed E-state index contributed by atoms with van der Waals surface area (Å²) in [4.78, 5) is 26.7. The van der Waals surface area contributed by atoms with Gasteiger partial charge in [0.2, 0.25) is 17.8 Å². The number of nitrogens with zero attached hydrogens (tertiary/aromatic N) is 2. The molecule has 2 aromatic rings. The molecule has 0 saturated heterocycles. The lowest BCUT2D eigenvalue weighted by Crippen LogP contribution is -2.36. The van der Waals surface area contributed by atoms with Crippen LogP contribution in [0.25, 0.3) is 11.0 Å². The fourth-order valence-corrected chi connectivity index (χ4v) is 1.70. The minimum Gasteiger partial charge on any atom is -0.346 e. The van der Waals surface area contributed by atoms with Crippen LogP contribution in [0.1, 0.15) is 0 Å². The summed E-state index contributed by atoms with van der Waals surface area (Å²) in [5.74, 6) is -0.987. The van der Waals surface area contributed by atoms with Gasteiger partial charge in [-0.25, -0.2) is 9.37 Å². The summed E-state index contributed by atoms with van der Waals surface area (Å²) in [6.45, 7) is -0.382. The summed E-state index contributed by atoms with van der Waals surface area (Å²) < 4.78 is 14.7. The molecule has 0 bridgehead atoms. The molecular formula is C12H14FN5O2. The van der Waals surface area contributed by atoms with Crippen LogP contribution in [0.5, 0.6) is 0 Å². The van der Waals surface area contributed by atoms with Gasteiger partial charge in [-0.05, 0) is 12.1 Å². The number of carbonyl (C=O) groups excluding carboxylic acids is 2. The zero-order valence-corrected chi connectivity index (χ0v) is 10.8. The van der Waals surface area contributed by atoms with E-state index in [0.717, 1.165) is 0 Å². The Bertz CT molecular complexity index is 667. The molecule has 4 N–H and O–H groups in total. The third-order valence-electron chi connectivity index (χ3n) is 2.73. The summed E-state index contributed by atoms with van der Waals surface area (Å²) >= 11 is 0. The highest BCUT2D eigenvalue weighted by molar-refractivity contribution is 5.95. The molecule has 0 atom stereocenters. The van der Waals surface area contributed by atoms with Gasteiger partial charge < -0.3 is 15.6 Å². The summed E-state index contributed by atoms with van der Waals surface area (Å²) in [5.41, 5.74) is 6.23. The molecule has 2 amide bonds. The van der Waals surface area contributed by atoms with Gasteiger partial charge in [0, 0.05) is 13.1 Å². The maximum Gasteiger partial charge on any atom is 0.246 e. The smallest absolute Gasteiger partial charge is 0.246 e. The van der Waals surface area contributed by atoms with Crippen molar-refractivity contribution in [1.82, 2.24) is 14.9 Å². The van der Waals surface area contributed by atoms with Crippen LogP contribution < -0.4 is 16.4 Å². The summed E-state index contributed by atoms with van der Waals surface area (Å²) in [5, 5.41) is 4.88. The number of anilines is 1. The van der Waals surface area contributed by atoms with Crippen molar-refractivity contribution in [3.8, 4) is 0 Å². The number of fused-ring (bicyclic) bond motifs is 1. The van der Waals surface area contributed by atoms with Gasteiger partial charge in [-0.2, -0.15) is 0 Å². The summed E-state index contributed by atoms with van der Waals surface area (Å²) in [7, 11) is 1.70. The van der Waals surface area contributed by atoms with E-state index in [1.54, 1.807) is 17.7 Å². The van der Waals surface area contributed by atoms with Gasteiger partial charge in [0.05, 0.1) is 24.1 Å². The molecule has 106 valence electrons. The predicted octanol–water partition coefficient (Wildman–Crippen LogP) is -0.274. The van der Waals surface area contributed by atoms with Gasteiger partial charge >= 0.3 is 0 Å². The lowest BCUT2D eigenvalue weighted by atomic mass is 10.3. The van der Waals surface area contributed by atoms with Gasteiger partial charge in [-0.15, -0.1) is 0 Å². The molecule has 0 aliphatic rings. The number of halogens is 1. The van der Waals surface area contributed by atoms with Crippen molar-refractivity contribution < 1.29 is 14.0 Å². The van der Waals surface area contributed by atoms with Crippen LogP contribution in [-0.2, 0) is 16.6 Å². The van der Waals surface area contributed by atoms with Crippen LogP contribution in [-0.4, -0.2) is 34.5 Å². The number of aryl methyl sites for hydroxylation is 1. The van der Waals surface area contributed by atoms with Crippen LogP contribution in [0, 0.1) is 5.82 Å². The number of nitrogens with two attached hydrogens (primary N) is 1. The SMILES string of the molecule is Cn1c(NC(=O)CNC(=O)CN)nc2cc(F)ccc21. The number of rotatable bonds is 4. The van der Waals surface area contributed by atoms with Crippen molar-refractivity contribution in [3.63, 3.8) is 0 Å². The average molecular weight is 279 g/mol. The van der Waals surface area contributed by atoms with E-state index in [-0.39, 0.29) is 19.0 Å². The van der Waals surface area contributed by atoms with E-state index in [1.165, 1.54) is 12.1 Å². The molecule has 0 radical (unpaired) electrons. The molecule has 0 saturated carbocycles. The first-order chi connectivity index (χ1) is 9.51. The van der Waals surface area contributed by atoms with Crippen molar-refractivity contribution in [3.05, 3.63) is 24.0 Å². The Hall–Kier alpha value is -2.48. The van der Waals surface area contributed by atoms with Crippen molar-refractivity contribution in [2.75, 3.05) is 18.4 Å². The molecule has 20 heavy (non-hydrogen) atoms. The van der Waals surface area contributed by atoms with E-state index in [4.69, 9.17) is 5.73 Å². The van der Waals surface area contributed by atoms with Crippen molar-refractivity contribution >= 4 is 28.8 Å². The molecule has 7 nitrogen and oxygen atoms in total. The largest absolute Gasteiger partial charge is 0.346 e. The van der Waals surface area contributed by atoms with Crippen LogP contribution in [0.15, 0.2) is 18.2 Å².